The highest BCUT2D eigenvalue weighted by Crippen LogP contribution is 2.17. The highest BCUT2D eigenvalue weighted by atomic mass is 16.5. The average Bonchev–Trinajstić information content (AvgIpc) is 3.13. The number of rotatable bonds is 8. The molecule has 1 saturated heterocycles. The molecule has 0 radical (unpaired) electrons. The van der Waals surface area contributed by atoms with Crippen LogP contribution in [0.4, 0.5) is 0 Å². The quantitative estimate of drug-likeness (QED) is 0.635. The van der Waals surface area contributed by atoms with Crippen molar-refractivity contribution >= 4 is 17.7 Å². The predicted octanol–water partition coefficient (Wildman–Crippen LogP) is 1.06. The van der Waals surface area contributed by atoms with Gasteiger partial charge in [0.05, 0.1) is 0 Å². The largest absolute Gasteiger partial charge is 0.489 e. The first-order valence-electron chi connectivity index (χ1n) is 9.16. The van der Waals surface area contributed by atoms with Gasteiger partial charge in [-0.2, -0.15) is 0 Å². The van der Waals surface area contributed by atoms with Gasteiger partial charge < -0.3 is 21.1 Å². The molecule has 0 aromatic heterocycles. The summed E-state index contributed by atoms with van der Waals surface area (Å²) in [5, 5.41) is 5.22. The number of amides is 3. The van der Waals surface area contributed by atoms with E-state index in [2.05, 4.69) is 10.6 Å². The second-order valence-corrected chi connectivity index (χ2v) is 6.75. The van der Waals surface area contributed by atoms with Gasteiger partial charge in [-0.25, -0.2) is 0 Å². The molecule has 0 aliphatic carbocycles. The molecule has 28 heavy (non-hydrogen) atoms. The Labute approximate surface area is 163 Å². The average molecular weight is 381 g/mol. The third-order valence-corrected chi connectivity index (χ3v) is 4.56. The van der Waals surface area contributed by atoms with E-state index < -0.39 is 23.9 Å². The van der Waals surface area contributed by atoms with Crippen molar-refractivity contribution in [2.24, 2.45) is 5.73 Å². The Bertz CT molecular complexity index is 854. The number of carbonyl (C=O) groups excluding carboxylic acids is 3. The van der Waals surface area contributed by atoms with Crippen LogP contribution in [0.25, 0.3) is 0 Å². The first kappa shape index (κ1) is 19.4. The maximum Gasteiger partial charge on any atom is 0.243 e. The molecule has 2 aromatic carbocycles. The van der Waals surface area contributed by atoms with Crippen LogP contribution in [0.5, 0.6) is 5.75 Å². The summed E-state index contributed by atoms with van der Waals surface area (Å²) in [6.45, 7) is 0.432. The fourth-order valence-electron chi connectivity index (χ4n) is 3.04. The number of ether oxygens (including phenoxy) is 1. The lowest BCUT2D eigenvalue weighted by Gasteiger charge is -2.18. The summed E-state index contributed by atoms with van der Waals surface area (Å²) in [4.78, 5) is 35.3. The fourth-order valence-corrected chi connectivity index (χ4v) is 3.04. The molecule has 1 aliphatic heterocycles. The molecule has 1 aliphatic rings. The van der Waals surface area contributed by atoms with Crippen LogP contribution in [0, 0.1) is 0 Å². The van der Waals surface area contributed by atoms with E-state index in [1.807, 2.05) is 54.6 Å². The molecule has 0 spiro atoms. The first-order chi connectivity index (χ1) is 13.5. The van der Waals surface area contributed by atoms with Crippen LogP contribution >= 0.6 is 0 Å². The number of benzene rings is 2. The van der Waals surface area contributed by atoms with Crippen molar-refractivity contribution in [3.05, 3.63) is 65.7 Å². The van der Waals surface area contributed by atoms with Gasteiger partial charge in [-0.3, -0.25) is 14.4 Å². The number of carbonyl (C=O) groups is 3. The van der Waals surface area contributed by atoms with E-state index >= 15 is 0 Å². The maximum atomic E-state index is 12.3. The molecule has 1 fully saturated rings. The van der Waals surface area contributed by atoms with Crippen LogP contribution in [0.15, 0.2) is 54.6 Å². The van der Waals surface area contributed by atoms with Crippen molar-refractivity contribution in [3.63, 3.8) is 0 Å². The SMILES string of the molecule is NC(=O)[C@H](Cc1cccc(OCc2ccccc2)c1)NC(=O)[C@@H]1CCC(=O)N1. The molecule has 2 atom stereocenters. The van der Waals surface area contributed by atoms with Crippen LogP contribution in [0.3, 0.4) is 0 Å². The Kier molecular flexibility index (Phi) is 6.26. The van der Waals surface area contributed by atoms with Crippen molar-refractivity contribution in [1.82, 2.24) is 10.6 Å². The van der Waals surface area contributed by atoms with Crippen molar-refractivity contribution in [1.29, 1.82) is 0 Å². The smallest absolute Gasteiger partial charge is 0.243 e. The van der Waals surface area contributed by atoms with E-state index in [-0.39, 0.29) is 12.3 Å². The molecule has 3 amide bonds. The Balaban J connectivity index is 1.60. The van der Waals surface area contributed by atoms with Gasteiger partial charge >= 0.3 is 0 Å². The van der Waals surface area contributed by atoms with Crippen LogP contribution in [-0.4, -0.2) is 29.8 Å². The molecular weight excluding hydrogens is 358 g/mol. The molecule has 7 nitrogen and oxygen atoms in total. The van der Waals surface area contributed by atoms with Gasteiger partial charge in [0.15, 0.2) is 0 Å². The van der Waals surface area contributed by atoms with Gasteiger partial charge in [0.25, 0.3) is 0 Å². The maximum absolute atomic E-state index is 12.3. The van der Waals surface area contributed by atoms with E-state index in [1.54, 1.807) is 0 Å². The van der Waals surface area contributed by atoms with E-state index in [0.717, 1.165) is 11.1 Å². The molecule has 7 heteroatoms. The first-order valence-corrected chi connectivity index (χ1v) is 9.16. The zero-order valence-corrected chi connectivity index (χ0v) is 15.4. The van der Waals surface area contributed by atoms with Gasteiger partial charge in [0, 0.05) is 12.8 Å². The van der Waals surface area contributed by atoms with Crippen LogP contribution in [0.2, 0.25) is 0 Å². The van der Waals surface area contributed by atoms with Gasteiger partial charge in [-0.1, -0.05) is 42.5 Å². The molecule has 1 heterocycles. The standard InChI is InChI=1S/C21H23N3O4/c22-20(26)18(24-21(27)17-9-10-19(25)23-17)12-15-7-4-8-16(11-15)28-13-14-5-2-1-3-6-14/h1-8,11,17-18H,9-10,12-13H2,(H2,22,26)(H,23,25)(H,24,27)/t17-,18-/m0/s1. The molecule has 0 bridgehead atoms. The summed E-state index contributed by atoms with van der Waals surface area (Å²) in [7, 11) is 0. The number of hydrogen-bond donors (Lipinski definition) is 3. The molecule has 3 rings (SSSR count). The number of nitrogens with two attached hydrogens (primary N) is 1. The van der Waals surface area contributed by atoms with Crippen molar-refractivity contribution in [2.75, 3.05) is 0 Å². The summed E-state index contributed by atoms with van der Waals surface area (Å²) in [5.41, 5.74) is 7.32. The molecule has 146 valence electrons. The lowest BCUT2D eigenvalue weighted by atomic mass is 10.0. The number of hydrogen-bond acceptors (Lipinski definition) is 4. The highest BCUT2D eigenvalue weighted by molar-refractivity contribution is 5.93. The summed E-state index contributed by atoms with van der Waals surface area (Å²) < 4.78 is 5.80. The van der Waals surface area contributed by atoms with Crippen LogP contribution in [0.1, 0.15) is 24.0 Å². The summed E-state index contributed by atoms with van der Waals surface area (Å²) in [6, 6.07) is 15.6. The minimum absolute atomic E-state index is 0.168. The summed E-state index contributed by atoms with van der Waals surface area (Å²) in [5.74, 6) is -0.530. The summed E-state index contributed by atoms with van der Waals surface area (Å²) >= 11 is 0. The van der Waals surface area contributed by atoms with Gasteiger partial charge in [0.2, 0.25) is 17.7 Å². The van der Waals surface area contributed by atoms with Crippen LogP contribution in [-0.2, 0) is 27.4 Å². The number of primary amides is 1. The fraction of sp³-hybridized carbons (Fsp3) is 0.286. The van der Waals surface area contributed by atoms with Gasteiger partial charge in [-0.05, 0) is 29.7 Å². The highest BCUT2D eigenvalue weighted by Gasteiger charge is 2.29. The van der Waals surface area contributed by atoms with Crippen molar-refractivity contribution in [2.45, 2.75) is 38.0 Å². The third-order valence-electron chi connectivity index (χ3n) is 4.56. The zero-order chi connectivity index (χ0) is 19.9. The van der Waals surface area contributed by atoms with Gasteiger partial charge in [-0.15, -0.1) is 0 Å². The van der Waals surface area contributed by atoms with E-state index in [1.165, 1.54) is 0 Å². The normalized spacial score (nSPS) is 16.9. The minimum Gasteiger partial charge on any atom is -0.489 e. The minimum atomic E-state index is -0.866. The molecular formula is C21H23N3O4. The second-order valence-electron chi connectivity index (χ2n) is 6.75. The zero-order valence-electron chi connectivity index (χ0n) is 15.4. The second kappa shape index (κ2) is 9.03. The topological polar surface area (TPSA) is 111 Å². The van der Waals surface area contributed by atoms with Gasteiger partial charge in [0.1, 0.15) is 24.4 Å². The molecule has 0 unspecified atom stereocenters. The molecule has 2 aromatic rings. The lowest BCUT2D eigenvalue weighted by molar-refractivity contribution is -0.129. The Morgan fingerprint density at radius 2 is 1.89 bits per heavy atom. The van der Waals surface area contributed by atoms with Crippen molar-refractivity contribution < 1.29 is 19.1 Å². The summed E-state index contributed by atoms with van der Waals surface area (Å²) in [6.07, 6.45) is 0.962. The Hall–Kier alpha value is -3.35. The molecule has 4 N–H and O–H groups in total. The Morgan fingerprint density at radius 3 is 2.57 bits per heavy atom. The lowest BCUT2D eigenvalue weighted by Crippen LogP contribution is -2.51. The van der Waals surface area contributed by atoms with E-state index in [0.29, 0.717) is 25.2 Å². The van der Waals surface area contributed by atoms with E-state index in [4.69, 9.17) is 10.5 Å². The van der Waals surface area contributed by atoms with Crippen LogP contribution < -0.4 is 21.1 Å². The molecule has 0 saturated carbocycles. The predicted molar refractivity (Wildman–Crippen MR) is 103 cm³/mol. The Morgan fingerprint density at radius 1 is 1.14 bits per heavy atom. The van der Waals surface area contributed by atoms with E-state index in [9.17, 15) is 14.4 Å². The monoisotopic (exact) mass is 381 g/mol. The third kappa shape index (κ3) is 5.33. The number of nitrogens with one attached hydrogen (secondary N) is 2. The van der Waals surface area contributed by atoms with Crippen molar-refractivity contribution in [3.8, 4) is 5.75 Å².